The second-order valence-electron chi connectivity index (χ2n) is 6.32. The third kappa shape index (κ3) is 4.18. The molecule has 0 bridgehead atoms. The average molecular weight is 392 g/mol. The smallest absolute Gasteiger partial charge is 0.251 e. The lowest BCUT2D eigenvalue weighted by molar-refractivity contribution is -0.645. The van der Waals surface area contributed by atoms with E-state index >= 15 is 0 Å². The molecule has 0 saturated heterocycles. The maximum atomic E-state index is 12.5. The zero-order valence-electron chi connectivity index (χ0n) is 15.7. The van der Waals surface area contributed by atoms with Gasteiger partial charge in [-0.25, -0.2) is 0 Å². The molecule has 0 unspecified atom stereocenters. The van der Waals surface area contributed by atoms with Gasteiger partial charge in [-0.1, -0.05) is 30.3 Å². The van der Waals surface area contributed by atoms with Gasteiger partial charge in [-0.2, -0.15) is 9.99 Å². The van der Waals surface area contributed by atoms with E-state index in [1.807, 2.05) is 48.7 Å². The lowest BCUT2D eigenvalue weighted by atomic mass is 10.2. The van der Waals surface area contributed by atoms with Crippen LogP contribution in [-0.2, 0) is 11.3 Å². The van der Waals surface area contributed by atoms with E-state index in [-0.39, 0.29) is 11.7 Å². The number of nitrogens with zero attached hydrogens (tertiary/aromatic N) is 3. The molecule has 1 N–H and O–H groups in total. The van der Waals surface area contributed by atoms with Gasteiger partial charge in [0.15, 0.2) is 6.20 Å². The first-order valence-electron chi connectivity index (χ1n) is 8.75. The Morgan fingerprint density at radius 3 is 2.61 bits per heavy atom. The molecule has 0 saturated carbocycles. The highest BCUT2D eigenvalue weighted by Gasteiger charge is 2.20. The fourth-order valence-electron chi connectivity index (χ4n) is 2.93. The highest BCUT2D eigenvalue weighted by Crippen LogP contribution is 2.27. The molecule has 0 spiro atoms. The van der Waals surface area contributed by atoms with Gasteiger partial charge in [0.1, 0.15) is 11.9 Å². The van der Waals surface area contributed by atoms with Crippen molar-refractivity contribution in [2.45, 2.75) is 25.4 Å². The molecule has 0 atom stereocenters. The minimum atomic E-state index is -0.267. The van der Waals surface area contributed by atoms with E-state index in [0.717, 1.165) is 33.3 Å². The Hall–Kier alpha value is -3.24. The summed E-state index contributed by atoms with van der Waals surface area (Å²) in [5.41, 5.74) is 3.32. The number of amides is 1. The molecule has 2 heterocycles. The van der Waals surface area contributed by atoms with Gasteiger partial charge in [-0.15, -0.1) is 0 Å². The van der Waals surface area contributed by atoms with Crippen molar-refractivity contribution in [3.8, 4) is 6.07 Å². The van der Waals surface area contributed by atoms with Crippen molar-refractivity contribution in [1.82, 2.24) is 4.57 Å². The normalized spacial score (nSPS) is 10.5. The summed E-state index contributed by atoms with van der Waals surface area (Å²) in [6.45, 7) is 4.37. The van der Waals surface area contributed by atoms with E-state index in [9.17, 15) is 15.3 Å². The van der Waals surface area contributed by atoms with Crippen molar-refractivity contribution in [1.29, 1.82) is 5.26 Å². The van der Waals surface area contributed by atoms with Crippen LogP contribution in [0.15, 0.2) is 59.8 Å². The van der Waals surface area contributed by atoms with E-state index in [4.69, 9.17) is 0 Å². The number of carbonyl (C=O) groups is 1. The lowest BCUT2D eigenvalue weighted by Gasteiger charge is -2.13. The standard InChI is InChI=1S/C21H20N4O2S/c1-15-16(2)24(13-17-8-4-3-5-9-17)21(18(15)12-22)23-19(26)14-28-20-10-6-7-11-25(20)27/h3-11H,13-14H2,1-2H3,(H,23,26). The van der Waals surface area contributed by atoms with Crippen molar-refractivity contribution in [3.05, 3.63) is 82.3 Å². The van der Waals surface area contributed by atoms with Crippen LogP contribution < -0.4 is 10.0 Å². The minimum Gasteiger partial charge on any atom is -0.618 e. The monoisotopic (exact) mass is 392 g/mol. The third-order valence-electron chi connectivity index (χ3n) is 4.52. The summed E-state index contributed by atoms with van der Waals surface area (Å²) in [6.07, 6.45) is 1.39. The summed E-state index contributed by atoms with van der Waals surface area (Å²) >= 11 is 1.15. The molecule has 2 aromatic heterocycles. The van der Waals surface area contributed by atoms with Gasteiger partial charge < -0.3 is 15.1 Å². The number of benzene rings is 1. The van der Waals surface area contributed by atoms with Crippen LogP contribution in [0.4, 0.5) is 5.82 Å². The number of pyridine rings is 1. The van der Waals surface area contributed by atoms with E-state index in [0.29, 0.717) is 23.0 Å². The first kappa shape index (κ1) is 19.5. The molecule has 0 aliphatic rings. The van der Waals surface area contributed by atoms with Gasteiger partial charge in [-0.3, -0.25) is 4.79 Å². The number of aromatic nitrogens is 2. The number of hydrogen-bond donors (Lipinski definition) is 1. The van der Waals surface area contributed by atoms with Gasteiger partial charge in [0.25, 0.3) is 5.03 Å². The van der Waals surface area contributed by atoms with Crippen molar-refractivity contribution in [2.75, 3.05) is 11.1 Å². The molecule has 3 rings (SSSR count). The number of thioether (sulfide) groups is 1. The maximum Gasteiger partial charge on any atom is 0.251 e. The van der Waals surface area contributed by atoms with Crippen LogP contribution in [-0.4, -0.2) is 16.2 Å². The highest BCUT2D eigenvalue weighted by atomic mass is 32.2. The van der Waals surface area contributed by atoms with Crippen LogP contribution >= 0.6 is 11.8 Å². The van der Waals surface area contributed by atoms with Crippen LogP contribution in [0.2, 0.25) is 0 Å². The molecule has 6 nitrogen and oxygen atoms in total. The summed E-state index contributed by atoms with van der Waals surface area (Å²) in [5.74, 6) is 0.304. The van der Waals surface area contributed by atoms with Crippen LogP contribution in [0, 0.1) is 30.4 Å². The molecular weight excluding hydrogens is 372 g/mol. The summed E-state index contributed by atoms with van der Waals surface area (Å²) in [6, 6.07) is 17.1. The summed E-state index contributed by atoms with van der Waals surface area (Å²) in [5, 5.41) is 24.6. The second kappa shape index (κ2) is 8.63. The highest BCUT2D eigenvalue weighted by molar-refractivity contribution is 7.99. The predicted octanol–water partition coefficient (Wildman–Crippen LogP) is 3.39. The molecule has 1 aromatic carbocycles. The van der Waals surface area contributed by atoms with Crippen LogP contribution in [0.1, 0.15) is 22.4 Å². The Kier molecular flexibility index (Phi) is 6.02. The van der Waals surface area contributed by atoms with E-state index < -0.39 is 0 Å². The Labute approximate surface area is 168 Å². The molecule has 3 aromatic rings. The molecule has 28 heavy (non-hydrogen) atoms. The maximum absolute atomic E-state index is 12.5. The quantitative estimate of drug-likeness (QED) is 0.396. The summed E-state index contributed by atoms with van der Waals surface area (Å²) < 4.78 is 2.67. The van der Waals surface area contributed by atoms with Crippen molar-refractivity contribution in [2.24, 2.45) is 0 Å². The Morgan fingerprint density at radius 1 is 1.21 bits per heavy atom. The van der Waals surface area contributed by atoms with Crippen LogP contribution in [0.3, 0.4) is 0 Å². The predicted molar refractivity (Wildman–Crippen MR) is 109 cm³/mol. The zero-order valence-corrected chi connectivity index (χ0v) is 16.5. The van der Waals surface area contributed by atoms with Crippen molar-refractivity contribution >= 4 is 23.5 Å². The molecule has 0 fully saturated rings. The molecular formula is C21H20N4O2S. The first-order chi connectivity index (χ1) is 13.5. The molecule has 142 valence electrons. The van der Waals surface area contributed by atoms with E-state index in [1.54, 1.807) is 18.2 Å². The van der Waals surface area contributed by atoms with Gasteiger partial charge in [0, 0.05) is 24.4 Å². The molecule has 0 aliphatic carbocycles. The fourth-order valence-corrected chi connectivity index (χ4v) is 3.64. The van der Waals surface area contributed by atoms with Gasteiger partial charge in [-0.05, 0) is 42.8 Å². The van der Waals surface area contributed by atoms with Crippen LogP contribution in [0.25, 0.3) is 0 Å². The number of anilines is 1. The Bertz CT molecular complexity index is 1040. The van der Waals surface area contributed by atoms with Crippen molar-refractivity contribution < 1.29 is 9.52 Å². The number of nitriles is 1. The molecule has 7 heteroatoms. The lowest BCUT2D eigenvalue weighted by Crippen LogP contribution is -2.28. The molecule has 0 aliphatic heterocycles. The SMILES string of the molecule is Cc1c(C#N)c(NC(=O)CSc2cccc[n+]2[O-])n(Cc2ccccc2)c1C. The largest absolute Gasteiger partial charge is 0.618 e. The molecule has 0 radical (unpaired) electrons. The van der Waals surface area contributed by atoms with E-state index in [2.05, 4.69) is 11.4 Å². The second-order valence-corrected chi connectivity index (χ2v) is 7.31. The number of rotatable bonds is 6. The van der Waals surface area contributed by atoms with Gasteiger partial charge in [0.2, 0.25) is 5.91 Å². The minimum absolute atomic E-state index is 0.0751. The van der Waals surface area contributed by atoms with Crippen LogP contribution in [0.5, 0.6) is 0 Å². The third-order valence-corrected chi connectivity index (χ3v) is 5.54. The number of carbonyl (C=O) groups excluding carboxylic acids is 1. The zero-order chi connectivity index (χ0) is 20.1. The summed E-state index contributed by atoms with van der Waals surface area (Å²) in [7, 11) is 0. The van der Waals surface area contributed by atoms with Gasteiger partial charge >= 0.3 is 0 Å². The first-order valence-corrected chi connectivity index (χ1v) is 9.74. The average Bonchev–Trinajstić information content (AvgIpc) is 2.92. The Morgan fingerprint density at radius 2 is 1.93 bits per heavy atom. The Balaban J connectivity index is 1.82. The fraction of sp³-hybridized carbons (Fsp3) is 0.190. The molecule has 1 amide bonds. The van der Waals surface area contributed by atoms with Crippen molar-refractivity contribution in [3.63, 3.8) is 0 Å². The van der Waals surface area contributed by atoms with Gasteiger partial charge in [0.05, 0.1) is 11.3 Å². The topological polar surface area (TPSA) is 84.8 Å². The number of hydrogen-bond acceptors (Lipinski definition) is 4. The van der Waals surface area contributed by atoms with E-state index in [1.165, 1.54) is 6.20 Å². The number of nitrogens with one attached hydrogen (secondary N) is 1. The summed E-state index contributed by atoms with van der Waals surface area (Å²) in [4.78, 5) is 12.5.